The maximum Gasteiger partial charge on any atom is 0.354 e. The Morgan fingerprint density at radius 3 is 2.45 bits per heavy atom. The SMILES string of the molecule is COc1c(C)cc(-c2nc(C)[nH]c2C(=O)O)c(C)c1C. The van der Waals surface area contributed by atoms with Gasteiger partial charge in [0.15, 0.2) is 5.69 Å². The molecule has 1 aromatic heterocycles. The summed E-state index contributed by atoms with van der Waals surface area (Å²) in [6, 6.07) is 1.92. The molecule has 0 aliphatic carbocycles. The smallest absolute Gasteiger partial charge is 0.354 e. The third-order valence-corrected chi connectivity index (χ3v) is 3.52. The molecular formula is C15H18N2O3. The van der Waals surface area contributed by atoms with Crippen LogP contribution in [-0.2, 0) is 0 Å². The molecule has 0 saturated carbocycles. The zero-order valence-electron chi connectivity index (χ0n) is 12.3. The normalized spacial score (nSPS) is 10.7. The van der Waals surface area contributed by atoms with E-state index in [4.69, 9.17) is 4.74 Å². The zero-order chi connectivity index (χ0) is 15.0. The van der Waals surface area contributed by atoms with Gasteiger partial charge in [-0.25, -0.2) is 9.78 Å². The summed E-state index contributed by atoms with van der Waals surface area (Å²) < 4.78 is 5.39. The van der Waals surface area contributed by atoms with Gasteiger partial charge < -0.3 is 14.8 Å². The number of aromatic nitrogens is 2. The molecule has 2 N–H and O–H groups in total. The second kappa shape index (κ2) is 5.00. The van der Waals surface area contributed by atoms with Gasteiger partial charge in [-0.3, -0.25) is 0 Å². The monoisotopic (exact) mass is 274 g/mol. The van der Waals surface area contributed by atoms with Gasteiger partial charge in [-0.05, 0) is 50.5 Å². The van der Waals surface area contributed by atoms with E-state index in [9.17, 15) is 9.90 Å². The molecule has 2 rings (SSSR count). The molecule has 0 unspecified atom stereocenters. The van der Waals surface area contributed by atoms with Crippen molar-refractivity contribution in [2.75, 3.05) is 7.11 Å². The van der Waals surface area contributed by atoms with Crippen LogP contribution >= 0.6 is 0 Å². The van der Waals surface area contributed by atoms with Crippen LogP contribution in [0.25, 0.3) is 11.3 Å². The van der Waals surface area contributed by atoms with Crippen molar-refractivity contribution in [2.24, 2.45) is 0 Å². The number of methoxy groups -OCH3 is 1. The van der Waals surface area contributed by atoms with Crippen LogP contribution in [0.4, 0.5) is 0 Å². The standard InChI is InChI=1S/C15H18N2O3/c1-7-6-11(8(2)9(3)14(7)20-5)12-13(15(18)19)17-10(4)16-12/h6H,1-5H3,(H,16,17)(H,18,19). The van der Waals surface area contributed by atoms with Gasteiger partial charge in [0.25, 0.3) is 0 Å². The number of hydrogen-bond acceptors (Lipinski definition) is 3. The number of rotatable bonds is 3. The minimum Gasteiger partial charge on any atom is -0.496 e. The van der Waals surface area contributed by atoms with E-state index < -0.39 is 5.97 Å². The summed E-state index contributed by atoms with van der Waals surface area (Å²) in [6.07, 6.45) is 0. The Bertz CT molecular complexity index is 687. The predicted octanol–water partition coefficient (Wildman–Crippen LogP) is 3.02. The second-order valence-electron chi connectivity index (χ2n) is 4.88. The fourth-order valence-electron chi connectivity index (χ4n) is 2.46. The van der Waals surface area contributed by atoms with E-state index in [1.165, 1.54) is 0 Å². The van der Waals surface area contributed by atoms with Crippen molar-refractivity contribution in [3.05, 3.63) is 34.3 Å². The number of carboxylic acids is 1. The molecule has 0 spiro atoms. The Morgan fingerprint density at radius 2 is 1.90 bits per heavy atom. The van der Waals surface area contributed by atoms with Gasteiger partial charge >= 0.3 is 5.97 Å². The quantitative estimate of drug-likeness (QED) is 0.902. The number of benzene rings is 1. The van der Waals surface area contributed by atoms with Gasteiger partial charge in [0.05, 0.1) is 7.11 Å². The molecule has 0 atom stereocenters. The minimum atomic E-state index is -1.01. The average Bonchev–Trinajstić information content (AvgIpc) is 2.76. The summed E-state index contributed by atoms with van der Waals surface area (Å²) in [4.78, 5) is 18.4. The maximum absolute atomic E-state index is 11.3. The van der Waals surface area contributed by atoms with E-state index in [1.807, 2.05) is 26.8 Å². The fraction of sp³-hybridized carbons (Fsp3) is 0.333. The third-order valence-electron chi connectivity index (χ3n) is 3.52. The van der Waals surface area contributed by atoms with Gasteiger partial charge in [-0.15, -0.1) is 0 Å². The molecule has 0 saturated heterocycles. The first-order valence-corrected chi connectivity index (χ1v) is 6.31. The van der Waals surface area contributed by atoms with Crippen LogP contribution in [0.5, 0.6) is 5.75 Å². The molecular weight excluding hydrogens is 256 g/mol. The molecule has 20 heavy (non-hydrogen) atoms. The van der Waals surface area contributed by atoms with Gasteiger partial charge in [0.2, 0.25) is 0 Å². The molecule has 0 aliphatic rings. The largest absolute Gasteiger partial charge is 0.496 e. The maximum atomic E-state index is 11.3. The lowest BCUT2D eigenvalue weighted by atomic mass is 9.96. The minimum absolute atomic E-state index is 0.120. The molecule has 0 bridgehead atoms. The van der Waals surface area contributed by atoms with Crippen LogP contribution in [0.2, 0.25) is 0 Å². The van der Waals surface area contributed by atoms with E-state index in [-0.39, 0.29) is 5.69 Å². The number of carbonyl (C=O) groups is 1. The number of nitrogens with one attached hydrogen (secondary N) is 1. The zero-order valence-corrected chi connectivity index (χ0v) is 12.3. The average molecular weight is 274 g/mol. The lowest BCUT2D eigenvalue weighted by Crippen LogP contribution is -2.02. The van der Waals surface area contributed by atoms with E-state index in [0.29, 0.717) is 11.5 Å². The number of aromatic carboxylic acids is 1. The Labute approximate surface area is 117 Å². The van der Waals surface area contributed by atoms with Crippen molar-refractivity contribution in [3.8, 4) is 17.0 Å². The first kappa shape index (κ1) is 14.1. The first-order valence-electron chi connectivity index (χ1n) is 6.31. The van der Waals surface area contributed by atoms with Crippen LogP contribution in [0, 0.1) is 27.7 Å². The molecule has 0 radical (unpaired) electrons. The van der Waals surface area contributed by atoms with Crippen molar-refractivity contribution < 1.29 is 14.6 Å². The number of ether oxygens (including phenoxy) is 1. The summed E-state index contributed by atoms with van der Waals surface area (Å²) in [5, 5.41) is 9.27. The lowest BCUT2D eigenvalue weighted by molar-refractivity contribution is 0.0692. The van der Waals surface area contributed by atoms with E-state index in [1.54, 1.807) is 14.0 Å². The Balaban J connectivity index is 2.74. The summed E-state index contributed by atoms with van der Waals surface area (Å²) in [6.45, 7) is 7.59. The van der Waals surface area contributed by atoms with Crippen molar-refractivity contribution in [1.29, 1.82) is 0 Å². The summed E-state index contributed by atoms with van der Waals surface area (Å²) in [7, 11) is 1.63. The molecule has 0 aliphatic heterocycles. The molecule has 2 aromatic rings. The Morgan fingerprint density at radius 1 is 1.25 bits per heavy atom. The first-order chi connectivity index (χ1) is 9.36. The number of aromatic amines is 1. The van der Waals surface area contributed by atoms with Crippen LogP contribution in [0.1, 0.15) is 33.0 Å². The van der Waals surface area contributed by atoms with E-state index in [2.05, 4.69) is 9.97 Å². The van der Waals surface area contributed by atoms with Crippen LogP contribution < -0.4 is 4.74 Å². The third kappa shape index (κ3) is 2.15. The van der Waals surface area contributed by atoms with Crippen LogP contribution in [0.3, 0.4) is 0 Å². The molecule has 1 heterocycles. The number of carboxylic acid groups (broad SMARTS) is 1. The van der Waals surface area contributed by atoms with Crippen molar-refractivity contribution >= 4 is 5.97 Å². The highest BCUT2D eigenvalue weighted by molar-refractivity contribution is 5.93. The number of hydrogen-bond donors (Lipinski definition) is 2. The highest BCUT2D eigenvalue weighted by atomic mass is 16.5. The number of imidazole rings is 1. The van der Waals surface area contributed by atoms with Crippen LogP contribution in [-0.4, -0.2) is 28.2 Å². The van der Waals surface area contributed by atoms with E-state index in [0.717, 1.165) is 28.0 Å². The highest BCUT2D eigenvalue weighted by Crippen LogP contribution is 2.34. The molecule has 1 aromatic carbocycles. The van der Waals surface area contributed by atoms with Gasteiger partial charge in [0.1, 0.15) is 17.3 Å². The summed E-state index contributed by atoms with van der Waals surface area (Å²) in [5.74, 6) is 0.407. The Hall–Kier alpha value is -2.30. The second-order valence-corrected chi connectivity index (χ2v) is 4.88. The van der Waals surface area contributed by atoms with Crippen molar-refractivity contribution in [1.82, 2.24) is 9.97 Å². The molecule has 106 valence electrons. The molecule has 0 fully saturated rings. The van der Waals surface area contributed by atoms with Crippen LogP contribution in [0.15, 0.2) is 6.07 Å². The molecule has 0 amide bonds. The number of aryl methyl sites for hydroxylation is 2. The lowest BCUT2D eigenvalue weighted by Gasteiger charge is -2.15. The molecule has 5 nitrogen and oxygen atoms in total. The summed E-state index contributed by atoms with van der Waals surface area (Å²) in [5.41, 5.74) is 4.35. The van der Waals surface area contributed by atoms with Gasteiger partial charge in [0, 0.05) is 5.56 Å². The van der Waals surface area contributed by atoms with Gasteiger partial charge in [-0.2, -0.15) is 0 Å². The molecule has 5 heteroatoms. The van der Waals surface area contributed by atoms with Gasteiger partial charge in [-0.1, -0.05) is 0 Å². The van der Waals surface area contributed by atoms with Crippen molar-refractivity contribution in [2.45, 2.75) is 27.7 Å². The number of nitrogens with zero attached hydrogens (tertiary/aromatic N) is 1. The number of H-pyrrole nitrogens is 1. The van der Waals surface area contributed by atoms with Crippen molar-refractivity contribution in [3.63, 3.8) is 0 Å². The highest BCUT2D eigenvalue weighted by Gasteiger charge is 2.20. The Kier molecular flexibility index (Phi) is 3.53. The fourth-order valence-corrected chi connectivity index (χ4v) is 2.46. The van der Waals surface area contributed by atoms with E-state index >= 15 is 0 Å². The topological polar surface area (TPSA) is 75.2 Å². The predicted molar refractivity (Wildman–Crippen MR) is 76.5 cm³/mol. The summed E-state index contributed by atoms with van der Waals surface area (Å²) >= 11 is 0.